The van der Waals surface area contributed by atoms with Gasteiger partial charge >= 0.3 is 6.18 Å². The molecule has 0 amide bonds. The Morgan fingerprint density at radius 3 is 2.76 bits per heavy atom. The Kier molecular flexibility index (Phi) is 4.21. The van der Waals surface area contributed by atoms with Crippen LogP contribution in [0.15, 0.2) is 30.7 Å². The molecule has 4 aromatic heterocycles. The first-order valence-electron chi connectivity index (χ1n) is 11.7. The van der Waals surface area contributed by atoms with Crippen LogP contribution in [0.3, 0.4) is 0 Å². The van der Waals surface area contributed by atoms with Crippen molar-refractivity contribution in [3.63, 3.8) is 0 Å². The van der Waals surface area contributed by atoms with Gasteiger partial charge in [0.25, 0.3) is 0 Å². The monoisotopic (exact) mass is 465 g/mol. The van der Waals surface area contributed by atoms with E-state index in [-0.39, 0.29) is 5.65 Å². The Balaban J connectivity index is 1.46. The fourth-order valence-electron chi connectivity index (χ4n) is 5.62. The van der Waals surface area contributed by atoms with Crippen LogP contribution in [0.25, 0.3) is 33.3 Å². The summed E-state index contributed by atoms with van der Waals surface area (Å²) in [6.07, 6.45) is 5.02. The van der Waals surface area contributed by atoms with Crippen LogP contribution in [0.1, 0.15) is 42.9 Å². The molecule has 174 valence electrons. The lowest BCUT2D eigenvalue weighted by molar-refractivity contribution is -0.140. The summed E-state index contributed by atoms with van der Waals surface area (Å²) in [5, 5.41) is 4.97. The van der Waals surface area contributed by atoms with E-state index in [1.54, 1.807) is 12.3 Å². The summed E-state index contributed by atoms with van der Waals surface area (Å²) in [5.74, 6) is 1.74. The molecule has 4 aromatic rings. The number of rotatable bonds is 3. The SMILES string of the molecule is FC(F)(F)c1cc2c(-c3nc(N4CCC5NCC[C@H]54)c4c(C5CC5)cncc4n3)ccnc2[nH]1. The quantitative estimate of drug-likeness (QED) is 0.467. The molecule has 1 unspecified atom stereocenters. The lowest BCUT2D eigenvalue weighted by Crippen LogP contribution is -2.35. The highest BCUT2D eigenvalue weighted by Gasteiger charge is 2.40. The maximum absolute atomic E-state index is 13.4. The number of nitrogens with one attached hydrogen (secondary N) is 2. The number of hydrogen-bond donors (Lipinski definition) is 2. The molecule has 3 aliphatic rings. The minimum atomic E-state index is -4.49. The first kappa shape index (κ1) is 20.1. The van der Waals surface area contributed by atoms with E-state index in [4.69, 9.17) is 9.97 Å². The molecule has 3 fully saturated rings. The second-order valence-corrected chi connectivity index (χ2v) is 9.47. The van der Waals surface area contributed by atoms with Gasteiger partial charge in [0.2, 0.25) is 0 Å². The smallest absolute Gasteiger partial charge is 0.351 e. The predicted octanol–water partition coefficient (Wildman–Crippen LogP) is 4.40. The molecule has 2 saturated heterocycles. The summed E-state index contributed by atoms with van der Waals surface area (Å²) in [7, 11) is 0. The fraction of sp³-hybridized carbons (Fsp3) is 0.417. The summed E-state index contributed by atoms with van der Waals surface area (Å²) in [6.45, 7) is 1.86. The van der Waals surface area contributed by atoms with Crippen LogP contribution in [0.5, 0.6) is 0 Å². The first-order valence-corrected chi connectivity index (χ1v) is 11.7. The molecule has 34 heavy (non-hydrogen) atoms. The van der Waals surface area contributed by atoms with Crippen LogP contribution in [0.2, 0.25) is 0 Å². The Morgan fingerprint density at radius 1 is 1.06 bits per heavy atom. The van der Waals surface area contributed by atoms with E-state index >= 15 is 0 Å². The number of fused-ring (bicyclic) bond motifs is 3. The number of hydrogen-bond acceptors (Lipinski definition) is 6. The van der Waals surface area contributed by atoms with E-state index in [9.17, 15) is 13.2 Å². The van der Waals surface area contributed by atoms with Gasteiger partial charge in [-0.3, -0.25) is 4.98 Å². The predicted molar refractivity (Wildman–Crippen MR) is 122 cm³/mol. The molecule has 1 aliphatic carbocycles. The molecule has 0 radical (unpaired) electrons. The van der Waals surface area contributed by atoms with Gasteiger partial charge in [-0.2, -0.15) is 13.2 Å². The second-order valence-electron chi connectivity index (χ2n) is 9.47. The minimum Gasteiger partial charge on any atom is -0.351 e. The Bertz CT molecular complexity index is 1430. The van der Waals surface area contributed by atoms with Gasteiger partial charge < -0.3 is 15.2 Å². The summed E-state index contributed by atoms with van der Waals surface area (Å²) < 4.78 is 40.1. The zero-order chi connectivity index (χ0) is 23.0. The molecule has 0 bridgehead atoms. The minimum absolute atomic E-state index is 0.168. The van der Waals surface area contributed by atoms with E-state index in [1.807, 2.05) is 6.20 Å². The molecule has 10 heteroatoms. The van der Waals surface area contributed by atoms with E-state index < -0.39 is 11.9 Å². The molecule has 1 saturated carbocycles. The number of anilines is 1. The van der Waals surface area contributed by atoms with Gasteiger partial charge in [0.15, 0.2) is 5.82 Å². The molecule has 7 nitrogen and oxygen atoms in total. The van der Waals surface area contributed by atoms with E-state index in [1.165, 1.54) is 11.8 Å². The van der Waals surface area contributed by atoms with Crippen molar-refractivity contribution in [2.24, 2.45) is 0 Å². The van der Waals surface area contributed by atoms with E-state index in [0.29, 0.717) is 34.8 Å². The molecule has 0 spiro atoms. The van der Waals surface area contributed by atoms with Crippen LogP contribution in [-0.2, 0) is 6.18 Å². The summed E-state index contributed by atoms with van der Waals surface area (Å²) in [6, 6.07) is 3.57. The first-order chi connectivity index (χ1) is 16.5. The average molecular weight is 465 g/mol. The number of aromatic nitrogens is 5. The van der Waals surface area contributed by atoms with E-state index in [0.717, 1.165) is 61.6 Å². The van der Waals surface area contributed by atoms with Crippen molar-refractivity contribution in [3.8, 4) is 11.4 Å². The van der Waals surface area contributed by atoms with Crippen molar-refractivity contribution in [2.75, 3.05) is 18.0 Å². The molecule has 2 aliphatic heterocycles. The summed E-state index contributed by atoms with van der Waals surface area (Å²) in [4.78, 5) is 23.2. The van der Waals surface area contributed by atoms with Crippen LogP contribution in [-0.4, -0.2) is 50.1 Å². The van der Waals surface area contributed by atoms with Crippen molar-refractivity contribution in [1.29, 1.82) is 0 Å². The van der Waals surface area contributed by atoms with Gasteiger partial charge in [-0.05, 0) is 55.8 Å². The van der Waals surface area contributed by atoms with Gasteiger partial charge in [-0.15, -0.1) is 0 Å². The molecule has 6 heterocycles. The third kappa shape index (κ3) is 3.08. The molecule has 7 rings (SSSR count). The zero-order valence-electron chi connectivity index (χ0n) is 18.2. The largest absolute Gasteiger partial charge is 0.431 e. The van der Waals surface area contributed by atoms with Crippen molar-refractivity contribution in [3.05, 3.63) is 42.0 Å². The molecule has 2 N–H and O–H groups in total. The van der Waals surface area contributed by atoms with E-state index in [2.05, 4.69) is 25.2 Å². The third-order valence-electron chi connectivity index (χ3n) is 7.38. The molecular weight excluding hydrogens is 443 g/mol. The normalized spacial score (nSPS) is 22.7. The number of pyridine rings is 2. The van der Waals surface area contributed by atoms with Gasteiger partial charge in [0.05, 0.1) is 11.7 Å². The molecule has 2 atom stereocenters. The van der Waals surface area contributed by atoms with Gasteiger partial charge in [-0.25, -0.2) is 15.0 Å². The summed E-state index contributed by atoms with van der Waals surface area (Å²) >= 11 is 0. The van der Waals surface area contributed by atoms with Crippen LogP contribution < -0.4 is 10.2 Å². The highest BCUT2D eigenvalue weighted by Crippen LogP contribution is 2.46. The average Bonchev–Trinajstić information content (AvgIpc) is 3.20. The maximum Gasteiger partial charge on any atom is 0.431 e. The van der Waals surface area contributed by atoms with Crippen molar-refractivity contribution >= 4 is 27.8 Å². The van der Waals surface area contributed by atoms with Crippen LogP contribution in [0.4, 0.5) is 19.0 Å². The maximum atomic E-state index is 13.4. The highest BCUT2D eigenvalue weighted by atomic mass is 19.4. The third-order valence-corrected chi connectivity index (χ3v) is 7.38. The van der Waals surface area contributed by atoms with Crippen LogP contribution >= 0.6 is 0 Å². The lowest BCUT2D eigenvalue weighted by Gasteiger charge is -2.27. The number of aromatic amines is 1. The van der Waals surface area contributed by atoms with Gasteiger partial charge in [0, 0.05) is 47.4 Å². The number of alkyl halides is 3. The second kappa shape index (κ2) is 7.11. The van der Waals surface area contributed by atoms with Crippen LogP contribution in [0, 0.1) is 0 Å². The van der Waals surface area contributed by atoms with Crippen molar-refractivity contribution < 1.29 is 13.2 Å². The molecule has 0 aromatic carbocycles. The topological polar surface area (TPSA) is 82.6 Å². The zero-order valence-corrected chi connectivity index (χ0v) is 18.2. The number of halogens is 3. The number of H-pyrrole nitrogens is 1. The van der Waals surface area contributed by atoms with Crippen molar-refractivity contribution in [1.82, 2.24) is 30.2 Å². The lowest BCUT2D eigenvalue weighted by atomic mass is 10.1. The Labute approximate surface area is 192 Å². The Morgan fingerprint density at radius 2 is 1.94 bits per heavy atom. The molecular formula is C24H22F3N7. The fourth-order valence-corrected chi connectivity index (χ4v) is 5.62. The Hall–Kier alpha value is -3.27. The van der Waals surface area contributed by atoms with Gasteiger partial charge in [-0.1, -0.05) is 0 Å². The number of nitrogens with zero attached hydrogens (tertiary/aromatic N) is 5. The van der Waals surface area contributed by atoms with Crippen molar-refractivity contribution in [2.45, 2.75) is 49.9 Å². The summed E-state index contributed by atoms with van der Waals surface area (Å²) in [5.41, 5.74) is 1.77. The highest BCUT2D eigenvalue weighted by molar-refractivity contribution is 5.97. The van der Waals surface area contributed by atoms with Gasteiger partial charge in [0.1, 0.15) is 17.2 Å². The standard InChI is InChI=1S/C24H22F3N7/c25-24(26,27)19-9-14-13(3-6-30-21(14)32-19)22-31-17-11-28-10-15(12-1-2-12)20(17)23(33-22)34-8-5-16-18(34)4-7-29-16/h3,6,9-12,16,18,29H,1-2,4-5,7-8H2,(H,30,32)/t16?,18-/m1/s1.